The van der Waals surface area contributed by atoms with Gasteiger partial charge in [-0.05, 0) is 37.6 Å². The smallest absolute Gasteiger partial charge is 0.273 e. The number of fused-ring (bicyclic) bond motifs is 3. The summed E-state index contributed by atoms with van der Waals surface area (Å²) in [5, 5.41) is 3.79. The van der Waals surface area contributed by atoms with Crippen molar-refractivity contribution in [3.63, 3.8) is 0 Å². The van der Waals surface area contributed by atoms with Crippen molar-refractivity contribution in [2.75, 3.05) is 0 Å². The minimum atomic E-state index is -0.493. The van der Waals surface area contributed by atoms with Crippen LogP contribution in [-0.2, 0) is 11.3 Å². The van der Waals surface area contributed by atoms with Crippen LogP contribution in [0, 0.1) is 6.92 Å². The second-order valence-corrected chi connectivity index (χ2v) is 6.49. The molecular formula is C20H19N5O2. The molecule has 1 atom stereocenters. The van der Waals surface area contributed by atoms with E-state index in [1.54, 1.807) is 12.4 Å². The van der Waals surface area contributed by atoms with Crippen molar-refractivity contribution in [3.05, 3.63) is 76.5 Å². The second kappa shape index (κ2) is 6.68. The molecule has 136 valence electrons. The largest absolute Gasteiger partial charge is 0.350 e. The second-order valence-electron chi connectivity index (χ2n) is 6.49. The molecule has 1 aromatic carbocycles. The average Bonchev–Trinajstić information content (AvgIpc) is 3.01. The first-order chi connectivity index (χ1) is 13.1. The van der Waals surface area contributed by atoms with E-state index in [2.05, 4.69) is 15.3 Å². The van der Waals surface area contributed by atoms with Crippen molar-refractivity contribution in [1.82, 2.24) is 24.5 Å². The third-order valence-electron chi connectivity index (χ3n) is 4.63. The Kier molecular flexibility index (Phi) is 4.19. The summed E-state index contributed by atoms with van der Waals surface area (Å²) in [6, 6.07) is 12.4. The summed E-state index contributed by atoms with van der Waals surface area (Å²) in [7, 11) is 0. The van der Waals surface area contributed by atoms with Crippen LogP contribution in [0.3, 0.4) is 0 Å². The molecule has 0 aliphatic heterocycles. The molecule has 7 heteroatoms. The lowest BCUT2D eigenvalue weighted by Crippen LogP contribution is -2.32. The summed E-state index contributed by atoms with van der Waals surface area (Å²) in [4.78, 5) is 33.0. The van der Waals surface area contributed by atoms with Gasteiger partial charge in [0.15, 0.2) is 5.65 Å². The Morgan fingerprint density at radius 1 is 1.22 bits per heavy atom. The van der Waals surface area contributed by atoms with E-state index >= 15 is 0 Å². The molecule has 1 N–H and O–H groups in total. The molecule has 0 saturated carbocycles. The zero-order valence-electron chi connectivity index (χ0n) is 15.1. The quantitative estimate of drug-likeness (QED) is 0.604. The van der Waals surface area contributed by atoms with Crippen molar-refractivity contribution < 1.29 is 4.79 Å². The van der Waals surface area contributed by atoms with Gasteiger partial charge in [-0.25, -0.2) is 4.52 Å². The summed E-state index contributed by atoms with van der Waals surface area (Å²) < 4.78 is 3.71. The number of rotatable bonds is 4. The van der Waals surface area contributed by atoms with Crippen LogP contribution in [0.1, 0.15) is 24.2 Å². The van der Waals surface area contributed by atoms with Gasteiger partial charge in [0, 0.05) is 36.1 Å². The molecule has 0 bridgehead atoms. The summed E-state index contributed by atoms with van der Waals surface area (Å²) in [5.41, 5.74) is 2.78. The summed E-state index contributed by atoms with van der Waals surface area (Å²) >= 11 is 0. The normalized spacial score (nSPS) is 12.4. The van der Waals surface area contributed by atoms with Crippen molar-refractivity contribution in [2.45, 2.75) is 26.4 Å². The van der Waals surface area contributed by atoms with Gasteiger partial charge in [0.2, 0.25) is 5.91 Å². The Morgan fingerprint density at radius 2 is 2.04 bits per heavy atom. The lowest BCUT2D eigenvalue weighted by Gasteiger charge is -2.18. The van der Waals surface area contributed by atoms with Gasteiger partial charge in [-0.1, -0.05) is 18.2 Å². The minimum Gasteiger partial charge on any atom is -0.350 e. The van der Waals surface area contributed by atoms with Crippen LogP contribution in [0.25, 0.3) is 16.6 Å². The molecule has 0 aliphatic rings. The fraction of sp³-hybridized carbons (Fsp3) is 0.200. The number of para-hydroxylation sites is 1. The number of nitrogens with zero attached hydrogens (tertiary/aromatic N) is 4. The first kappa shape index (κ1) is 17.0. The van der Waals surface area contributed by atoms with Crippen LogP contribution in [-0.4, -0.2) is 25.1 Å². The van der Waals surface area contributed by atoms with Crippen LogP contribution in [0.15, 0.2) is 59.7 Å². The van der Waals surface area contributed by atoms with Crippen molar-refractivity contribution in [2.24, 2.45) is 0 Å². The highest BCUT2D eigenvalue weighted by Crippen LogP contribution is 2.25. The highest BCUT2D eigenvalue weighted by molar-refractivity contribution is 5.94. The summed E-state index contributed by atoms with van der Waals surface area (Å²) in [5.74, 6) is -0.125. The SMILES string of the molecule is Cc1cc(=O)nc2c3ccccc3n([C@H](C)C(=O)NCc3cccnc3)n12. The predicted molar refractivity (Wildman–Crippen MR) is 102 cm³/mol. The maximum atomic E-state index is 12.8. The molecule has 0 spiro atoms. The van der Waals surface area contributed by atoms with Crippen LogP contribution < -0.4 is 10.9 Å². The zero-order chi connectivity index (χ0) is 19.0. The van der Waals surface area contributed by atoms with E-state index in [4.69, 9.17) is 0 Å². The lowest BCUT2D eigenvalue weighted by atomic mass is 10.2. The van der Waals surface area contributed by atoms with Crippen molar-refractivity contribution >= 4 is 22.5 Å². The van der Waals surface area contributed by atoms with Crippen molar-refractivity contribution in [3.8, 4) is 0 Å². The third-order valence-corrected chi connectivity index (χ3v) is 4.63. The number of carbonyl (C=O) groups excluding carboxylic acids is 1. The Bertz CT molecular complexity index is 1190. The first-order valence-corrected chi connectivity index (χ1v) is 8.72. The van der Waals surface area contributed by atoms with Crippen LogP contribution in [0.5, 0.6) is 0 Å². The van der Waals surface area contributed by atoms with Gasteiger partial charge >= 0.3 is 0 Å². The molecule has 0 unspecified atom stereocenters. The van der Waals surface area contributed by atoms with E-state index in [9.17, 15) is 9.59 Å². The standard InChI is InChI=1S/C20H19N5O2/c1-13-10-18(26)23-19-16-7-3-4-8-17(16)25(24(13)19)14(2)20(27)22-12-15-6-5-9-21-11-15/h3-11,14H,12H2,1-2H3,(H,22,27)/t14-/m1/s1. The van der Waals surface area contributed by atoms with Gasteiger partial charge < -0.3 is 5.32 Å². The third kappa shape index (κ3) is 2.97. The van der Waals surface area contributed by atoms with Gasteiger partial charge in [0.1, 0.15) is 6.04 Å². The van der Waals surface area contributed by atoms with E-state index in [0.29, 0.717) is 12.2 Å². The number of amides is 1. The van der Waals surface area contributed by atoms with Gasteiger partial charge in [-0.3, -0.25) is 19.3 Å². The van der Waals surface area contributed by atoms with E-state index in [1.165, 1.54) is 6.07 Å². The highest BCUT2D eigenvalue weighted by atomic mass is 16.2. The number of carbonyl (C=O) groups is 1. The molecule has 0 aliphatic carbocycles. The molecule has 3 heterocycles. The molecule has 1 amide bonds. The monoisotopic (exact) mass is 361 g/mol. The molecular weight excluding hydrogens is 342 g/mol. The number of nitrogens with one attached hydrogen (secondary N) is 1. The van der Waals surface area contributed by atoms with E-state index in [1.807, 2.05) is 59.4 Å². The van der Waals surface area contributed by atoms with Crippen LogP contribution in [0.2, 0.25) is 0 Å². The molecule has 7 nitrogen and oxygen atoms in total. The molecule has 0 saturated heterocycles. The molecule has 0 radical (unpaired) electrons. The topological polar surface area (TPSA) is 81.3 Å². The Balaban J connectivity index is 1.77. The minimum absolute atomic E-state index is 0.125. The number of hydrogen-bond acceptors (Lipinski definition) is 4. The maximum absolute atomic E-state index is 12.8. The van der Waals surface area contributed by atoms with Crippen molar-refractivity contribution in [1.29, 1.82) is 0 Å². The van der Waals surface area contributed by atoms with E-state index in [-0.39, 0.29) is 11.5 Å². The number of aromatic nitrogens is 4. The van der Waals surface area contributed by atoms with Gasteiger partial charge in [0.05, 0.1) is 5.52 Å². The molecule has 0 fully saturated rings. The molecule has 27 heavy (non-hydrogen) atoms. The van der Waals surface area contributed by atoms with Crippen LogP contribution >= 0.6 is 0 Å². The lowest BCUT2D eigenvalue weighted by molar-refractivity contribution is -0.124. The summed E-state index contributed by atoms with van der Waals surface area (Å²) in [6.45, 7) is 4.08. The predicted octanol–water partition coefficient (Wildman–Crippen LogP) is 2.23. The zero-order valence-corrected chi connectivity index (χ0v) is 15.1. The average molecular weight is 361 g/mol. The van der Waals surface area contributed by atoms with E-state index < -0.39 is 6.04 Å². The highest BCUT2D eigenvalue weighted by Gasteiger charge is 2.22. The number of hydrogen-bond donors (Lipinski definition) is 1. The Morgan fingerprint density at radius 3 is 2.81 bits per heavy atom. The Hall–Kier alpha value is -3.48. The molecule has 4 rings (SSSR count). The number of pyridine rings is 1. The number of aryl methyl sites for hydroxylation is 1. The summed E-state index contributed by atoms with van der Waals surface area (Å²) in [6.07, 6.45) is 3.42. The fourth-order valence-electron chi connectivity index (χ4n) is 3.34. The van der Waals surface area contributed by atoms with Gasteiger partial charge in [-0.2, -0.15) is 4.98 Å². The first-order valence-electron chi connectivity index (χ1n) is 8.72. The number of benzene rings is 1. The maximum Gasteiger partial charge on any atom is 0.273 e. The van der Waals surface area contributed by atoms with Gasteiger partial charge in [-0.15, -0.1) is 0 Å². The van der Waals surface area contributed by atoms with Crippen LogP contribution in [0.4, 0.5) is 0 Å². The van der Waals surface area contributed by atoms with Gasteiger partial charge in [0.25, 0.3) is 5.56 Å². The molecule has 3 aromatic heterocycles. The fourth-order valence-corrected chi connectivity index (χ4v) is 3.34. The Labute approximate surface area is 155 Å². The van der Waals surface area contributed by atoms with E-state index in [0.717, 1.165) is 22.2 Å². The molecule has 4 aromatic rings.